The number of thiophene rings is 3. The molecule has 3 aliphatic carbocycles. The van der Waals surface area contributed by atoms with E-state index in [0.717, 1.165) is 18.2 Å². The summed E-state index contributed by atoms with van der Waals surface area (Å²) >= 11 is 3.56. The molecule has 0 fully saturated rings. The fourth-order valence-electron chi connectivity index (χ4n) is 4.92. The normalized spacial score (nSPS) is 26.0. The van der Waals surface area contributed by atoms with Gasteiger partial charge in [0.1, 0.15) is 0 Å². The molecule has 0 aliphatic heterocycles. The summed E-state index contributed by atoms with van der Waals surface area (Å²) in [6, 6.07) is 7.16. The standard InChI is InChI=1S/C22H24OS3Se/c1-6-7-8-27(23)22-18-15(9-12(2)24-18)21(5,16-10-13(3)25-19(16)22)17-11-14(4)26-20(17)22/h9-11H,6-8H2,1-5H3. The summed E-state index contributed by atoms with van der Waals surface area (Å²) in [6.45, 7) is 11.2. The van der Waals surface area contributed by atoms with Crippen LogP contribution in [0, 0.1) is 20.8 Å². The molecular weight excluding hydrogens is 455 g/mol. The molecule has 2 bridgehead atoms. The van der Waals surface area contributed by atoms with Gasteiger partial charge in [-0.15, -0.1) is 0 Å². The van der Waals surface area contributed by atoms with Crippen molar-refractivity contribution in [1.29, 1.82) is 0 Å². The van der Waals surface area contributed by atoms with Crippen LogP contribution in [0.5, 0.6) is 0 Å². The molecule has 3 aromatic rings. The van der Waals surface area contributed by atoms with E-state index in [0.29, 0.717) is 0 Å². The Kier molecular flexibility index (Phi) is 4.07. The van der Waals surface area contributed by atoms with Crippen molar-refractivity contribution in [3.8, 4) is 0 Å². The molecule has 1 unspecified atom stereocenters. The van der Waals surface area contributed by atoms with Crippen molar-refractivity contribution in [2.24, 2.45) is 0 Å². The first kappa shape index (κ1) is 18.4. The molecule has 0 N–H and O–H groups in total. The SMILES string of the molecule is CCCC[Se](=O)C12c3sc(C)cc3C(C)(c3cc(C)sc31)c1cc(C)sc12. The number of unbranched alkanes of at least 4 members (excludes halogenated alkanes) is 1. The van der Waals surface area contributed by atoms with E-state index in [-0.39, 0.29) is 9.73 Å². The Morgan fingerprint density at radius 2 is 1.26 bits per heavy atom. The topological polar surface area (TPSA) is 17.1 Å². The van der Waals surface area contributed by atoms with E-state index in [9.17, 15) is 3.83 Å². The summed E-state index contributed by atoms with van der Waals surface area (Å²) in [4.78, 5) is 8.27. The first-order valence-electron chi connectivity index (χ1n) is 9.57. The van der Waals surface area contributed by atoms with Gasteiger partial charge in [0.15, 0.2) is 0 Å². The Morgan fingerprint density at radius 1 is 0.852 bits per heavy atom. The Hall–Kier alpha value is -0.581. The molecule has 0 amide bonds. The number of rotatable bonds is 4. The van der Waals surface area contributed by atoms with Crippen LogP contribution in [-0.4, -0.2) is 13.8 Å². The molecule has 5 heteroatoms. The van der Waals surface area contributed by atoms with Crippen LogP contribution in [0.3, 0.4) is 0 Å². The molecule has 6 rings (SSSR count). The maximum atomic E-state index is 14.2. The zero-order valence-corrected chi connectivity index (χ0v) is 20.6. The molecule has 1 atom stereocenters. The summed E-state index contributed by atoms with van der Waals surface area (Å²) in [6.07, 6.45) is 2.17. The predicted octanol–water partition coefficient (Wildman–Crippen LogP) is 6.87. The number of hydrogen-bond acceptors (Lipinski definition) is 4. The van der Waals surface area contributed by atoms with Crippen molar-refractivity contribution >= 4 is 47.8 Å². The number of hydrogen-bond donors (Lipinski definition) is 0. The average Bonchev–Trinajstić information content (AvgIpc) is 3.31. The van der Waals surface area contributed by atoms with Crippen molar-refractivity contribution in [3.63, 3.8) is 0 Å². The van der Waals surface area contributed by atoms with Gasteiger partial charge in [0.2, 0.25) is 0 Å². The van der Waals surface area contributed by atoms with E-state index >= 15 is 0 Å². The zero-order chi connectivity index (χ0) is 19.1. The van der Waals surface area contributed by atoms with Gasteiger partial charge in [-0.1, -0.05) is 0 Å². The molecule has 27 heavy (non-hydrogen) atoms. The molecule has 0 radical (unpaired) electrons. The third-order valence-electron chi connectivity index (χ3n) is 6.17. The van der Waals surface area contributed by atoms with E-state index in [1.807, 2.05) is 34.0 Å². The first-order chi connectivity index (χ1) is 12.8. The molecule has 142 valence electrons. The summed E-state index contributed by atoms with van der Waals surface area (Å²) in [5.74, 6) is 0. The van der Waals surface area contributed by atoms with Gasteiger partial charge >= 0.3 is 178 Å². The van der Waals surface area contributed by atoms with Gasteiger partial charge in [-0.2, -0.15) is 0 Å². The predicted molar refractivity (Wildman–Crippen MR) is 119 cm³/mol. The molecule has 0 aromatic carbocycles. The van der Waals surface area contributed by atoms with Gasteiger partial charge < -0.3 is 0 Å². The van der Waals surface area contributed by atoms with Gasteiger partial charge in [0, 0.05) is 0 Å². The first-order valence-corrected chi connectivity index (χ1v) is 14.8. The van der Waals surface area contributed by atoms with Gasteiger partial charge in [-0.3, -0.25) is 0 Å². The third-order valence-corrected chi connectivity index (χ3v) is 14.7. The van der Waals surface area contributed by atoms with Crippen LogP contribution in [-0.2, 0) is 13.6 Å². The summed E-state index contributed by atoms with van der Waals surface area (Å²) in [7, 11) is 0. The van der Waals surface area contributed by atoms with Gasteiger partial charge in [0.05, 0.1) is 0 Å². The number of aryl methyl sites for hydroxylation is 3. The molecule has 3 aromatic heterocycles. The van der Waals surface area contributed by atoms with E-state index in [4.69, 9.17) is 0 Å². The Bertz CT molecular complexity index is 977. The van der Waals surface area contributed by atoms with Crippen LogP contribution in [0.4, 0.5) is 0 Å². The van der Waals surface area contributed by atoms with Gasteiger partial charge in [0.25, 0.3) is 0 Å². The minimum atomic E-state index is -2.15. The summed E-state index contributed by atoms with van der Waals surface area (Å²) in [5, 5.41) is 0.871. The van der Waals surface area contributed by atoms with E-state index in [1.165, 1.54) is 46.0 Å². The van der Waals surface area contributed by atoms with Crippen LogP contribution >= 0.6 is 34.0 Å². The second-order valence-electron chi connectivity index (χ2n) is 8.01. The van der Waals surface area contributed by atoms with E-state index in [1.54, 1.807) is 0 Å². The van der Waals surface area contributed by atoms with Crippen molar-refractivity contribution in [3.05, 3.63) is 64.2 Å². The molecule has 0 saturated carbocycles. The molecule has 0 spiro atoms. The Labute approximate surface area is 177 Å². The summed E-state index contributed by atoms with van der Waals surface area (Å²) in [5.41, 5.74) is 4.21. The monoisotopic (exact) mass is 480 g/mol. The molecule has 3 heterocycles. The van der Waals surface area contributed by atoms with Gasteiger partial charge in [-0.05, 0) is 0 Å². The Balaban J connectivity index is 1.94. The second-order valence-corrected chi connectivity index (χ2v) is 15.4. The average molecular weight is 480 g/mol. The van der Waals surface area contributed by atoms with Crippen LogP contribution in [0.15, 0.2) is 18.2 Å². The molecule has 1 nitrogen and oxygen atoms in total. The third kappa shape index (κ3) is 2.10. The van der Waals surface area contributed by atoms with Crippen LogP contribution in [0.25, 0.3) is 0 Å². The molecular formula is C22H24OS3Se. The quantitative estimate of drug-likeness (QED) is 0.373. The van der Waals surface area contributed by atoms with E-state index < -0.39 is 13.8 Å². The zero-order valence-electron chi connectivity index (χ0n) is 16.4. The van der Waals surface area contributed by atoms with Crippen LogP contribution in [0.2, 0.25) is 5.32 Å². The molecule has 0 saturated heterocycles. The van der Waals surface area contributed by atoms with Crippen LogP contribution in [0.1, 0.15) is 72.6 Å². The van der Waals surface area contributed by atoms with Crippen molar-refractivity contribution in [2.75, 3.05) is 0 Å². The van der Waals surface area contributed by atoms with Crippen molar-refractivity contribution < 1.29 is 3.83 Å². The molecule has 3 aliphatic rings. The van der Waals surface area contributed by atoms with Crippen molar-refractivity contribution in [2.45, 2.75) is 62.5 Å². The van der Waals surface area contributed by atoms with E-state index in [2.05, 4.69) is 52.8 Å². The fourth-order valence-corrected chi connectivity index (χ4v) is 14.8. The summed E-state index contributed by atoms with van der Waals surface area (Å²) < 4.78 is 13.8. The maximum absolute atomic E-state index is 14.2. The van der Waals surface area contributed by atoms with Gasteiger partial charge in [-0.25, -0.2) is 0 Å². The van der Waals surface area contributed by atoms with Crippen LogP contribution < -0.4 is 0 Å². The Morgan fingerprint density at radius 3 is 1.63 bits per heavy atom. The second kappa shape index (κ2) is 5.96. The fraction of sp³-hybridized carbons (Fsp3) is 0.455. The minimum absolute atomic E-state index is 0.0847. The van der Waals surface area contributed by atoms with Crippen molar-refractivity contribution in [1.82, 2.24) is 0 Å².